The molecule has 0 bridgehead atoms. The first kappa shape index (κ1) is 29.7. The van der Waals surface area contributed by atoms with E-state index in [0.717, 1.165) is 43.0 Å². The van der Waals surface area contributed by atoms with Gasteiger partial charge in [0.1, 0.15) is 11.3 Å². The van der Waals surface area contributed by atoms with Crippen LogP contribution in [0.1, 0.15) is 42.9 Å². The Morgan fingerprint density at radius 2 is 1.83 bits per heavy atom. The van der Waals surface area contributed by atoms with Crippen molar-refractivity contribution >= 4 is 34.6 Å². The molecule has 8 nitrogen and oxygen atoms in total. The average Bonchev–Trinajstić information content (AvgIpc) is 3.70. The van der Waals surface area contributed by atoms with Gasteiger partial charge in [0.25, 0.3) is 5.56 Å². The second kappa shape index (κ2) is 12.1. The molecule has 2 aromatic heterocycles. The van der Waals surface area contributed by atoms with E-state index in [1.54, 1.807) is 18.5 Å². The highest BCUT2D eigenvalue weighted by atomic mass is 19.4. The van der Waals surface area contributed by atoms with Crippen LogP contribution in [0.2, 0.25) is 0 Å². The van der Waals surface area contributed by atoms with Crippen LogP contribution in [0, 0.1) is 11.8 Å². The van der Waals surface area contributed by atoms with Gasteiger partial charge in [-0.1, -0.05) is 18.1 Å². The van der Waals surface area contributed by atoms with Gasteiger partial charge in [-0.2, -0.15) is 18.2 Å². The van der Waals surface area contributed by atoms with Crippen molar-refractivity contribution in [3.8, 4) is 11.8 Å². The Balaban J connectivity index is 1.19. The lowest BCUT2D eigenvalue weighted by molar-refractivity contribution is -0.137. The number of piperazine rings is 1. The number of fused-ring (bicyclic) bond motifs is 2. The Kier molecular flexibility index (Phi) is 7.82. The van der Waals surface area contributed by atoms with Crippen LogP contribution >= 0.6 is 0 Å². The highest BCUT2D eigenvalue weighted by Gasteiger charge is 2.31. The zero-order chi connectivity index (χ0) is 31.8. The Morgan fingerprint density at radius 3 is 2.57 bits per heavy atom. The number of aromatic nitrogens is 3. The van der Waals surface area contributed by atoms with E-state index in [-0.39, 0.29) is 12.1 Å². The van der Waals surface area contributed by atoms with E-state index < -0.39 is 17.3 Å². The molecule has 11 heteroatoms. The van der Waals surface area contributed by atoms with E-state index in [1.165, 1.54) is 41.8 Å². The van der Waals surface area contributed by atoms with Crippen LogP contribution in [-0.4, -0.2) is 57.9 Å². The number of anilines is 3. The number of halogens is 3. The van der Waals surface area contributed by atoms with Gasteiger partial charge in [-0.05, 0) is 85.8 Å². The number of hydrogen-bond donors (Lipinski definition) is 1. The summed E-state index contributed by atoms with van der Waals surface area (Å²) in [6.45, 7) is 6.27. The molecular formula is C35H32F3N7O. The van der Waals surface area contributed by atoms with Crippen LogP contribution in [0.5, 0.6) is 0 Å². The Bertz CT molecular complexity index is 1970. The molecule has 0 spiro atoms. The molecule has 7 rings (SSSR count). The maximum atomic E-state index is 13.8. The summed E-state index contributed by atoms with van der Waals surface area (Å²) in [6, 6.07) is 15.2. The lowest BCUT2D eigenvalue weighted by Gasteiger charge is -2.38. The normalized spacial score (nSPS) is 18.2. The number of hydrogen-bond acceptors (Lipinski definition) is 7. The first-order valence-corrected chi connectivity index (χ1v) is 15.4. The molecule has 234 valence electrons. The Labute approximate surface area is 264 Å². The fourth-order valence-corrected chi connectivity index (χ4v) is 6.29. The fraction of sp³-hybridized carbons (Fsp3) is 0.314. The van der Waals surface area contributed by atoms with Crippen molar-refractivity contribution in [2.24, 2.45) is 4.99 Å². The minimum Gasteiger partial charge on any atom is -0.369 e. The molecule has 1 N–H and O–H groups in total. The monoisotopic (exact) mass is 623 g/mol. The summed E-state index contributed by atoms with van der Waals surface area (Å²) in [4.78, 5) is 32.2. The van der Waals surface area contributed by atoms with Crippen LogP contribution in [0.15, 0.2) is 81.9 Å². The molecule has 0 amide bonds. The van der Waals surface area contributed by atoms with E-state index in [9.17, 15) is 18.0 Å². The van der Waals surface area contributed by atoms with Crippen molar-refractivity contribution in [1.29, 1.82) is 0 Å². The van der Waals surface area contributed by atoms with Gasteiger partial charge in [-0.25, -0.2) is 4.98 Å². The molecular weight excluding hydrogens is 591 g/mol. The Morgan fingerprint density at radius 1 is 1.02 bits per heavy atom. The minimum atomic E-state index is -4.45. The lowest BCUT2D eigenvalue weighted by Crippen LogP contribution is -2.50. The first-order chi connectivity index (χ1) is 22.2. The van der Waals surface area contributed by atoms with Crippen LogP contribution in [-0.2, 0) is 12.7 Å². The van der Waals surface area contributed by atoms with Gasteiger partial charge < -0.3 is 10.2 Å². The number of benzene rings is 2. The molecule has 0 radical (unpaired) electrons. The second-order valence-corrected chi connectivity index (χ2v) is 12.0. The summed E-state index contributed by atoms with van der Waals surface area (Å²) in [7, 11) is 0. The predicted molar refractivity (Wildman–Crippen MR) is 174 cm³/mol. The maximum absolute atomic E-state index is 13.8. The van der Waals surface area contributed by atoms with Gasteiger partial charge in [0.05, 0.1) is 17.7 Å². The van der Waals surface area contributed by atoms with Crippen molar-refractivity contribution in [2.45, 2.75) is 44.9 Å². The van der Waals surface area contributed by atoms with Crippen molar-refractivity contribution in [1.82, 2.24) is 19.4 Å². The van der Waals surface area contributed by atoms with E-state index in [1.807, 2.05) is 19.1 Å². The third-order valence-corrected chi connectivity index (χ3v) is 8.86. The molecule has 0 saturated carbocycles. The van der Waals surface area contributed by atoms with Crippen molar-refractivity contribution < 1.29 is 13.2 Å². The van der Waals surface area contributed by atoms with Gasteiger partial charge in [-0.15, -0.1) is 0 Å². The molecule has 0 aliphatic carbocycles. The van der Waals surface area contributed by atoms with E-state index in [2.05, 4.69) is 54.1 Å². The summed E-state index contributed by atoms with van der Waals surface area (Å²) < 4.78 is 41.0. The third-order valence-electron chi connectivity index (χ3n) is 8.86. The number of rotatable bonds is 5. The highest BCUT2D eigenvalue weighted by Crippen LogP contribution is 2.30. The molecule has 46 heavy (non-hydrogen) atoms. The molecule has 2 saturated heterocycles. The zero-order valence-electron chi connectivity index (χ0n) is 25.3. The fourth-order valence-electron chi connectivity index (χ4n) is 6.29. The summed E-state index contributed by atoms with van der Waals surface area (Å²) in [6.07, 6.45) is 2.17. The van der Waals surface area contributed by atoms with E-state index >= 15 is 0 Å². The van der Waals surface area contributed by atoms with Crippen LogP contribution < -0.4 is 15.8 Å². The van der Waals surface area contributed by atoms with Gasteiger partial charge in [0.15, 0.2) is 0 Å². The first-order valence-electron chi connectivity index (χ1n) is 15.4. The summed E-state index contributed by atoms with van der Waals surface area (Å²) in [5, 5.41) is 3.81. The molecule has 2 aromatic carbocycles. The van der Waals surface area contributed by atoms with Gasteiger partial charge in [0.2, 0.25) is 5.95 Å². The third kappa shape index (κ3) is 6.13. The molecule has 2 fully saturated rings. The number of nitrogens with one attached hydrogen (secondary N) is 1. The van der Waals surface area contributed by atoms with Gasteiger partial charge in [-0.3, -0.25) is 19.3 Å². The van der Waals surface area contributed by atoms with Crippen LogP contribution in [0.4, 0.5) is 30.5 Å². The number of nitrogens with zero attached hydrogens (tertiary/aromatic N) is 6. The highest BCUT2D eigenvalue weighted by molar-refractivity contribution is 5.78. The summed E-state index contributed by atoms with van der Waals surface area (Å²) in [5.41, 5.74) is 3.52. The molecule has 4 aromatic rings. The largest absolute Gasteiger partial charge is 0.416 e. The lowest BCUT2D eigenvalue weighted by atomic mass is 10.1. The van der Waals surface area contributed by atoms with Crippen molar-refractivity contribution in [2.75, 3.05) is 36.4 Å². The number of pyridine rings is 1. The molecule has 3 aliphatic rings. The summed E-state index contributed by atoms with van der Waals surface area (Å²) in [5.74, 6) is 6.23. The smallest absolute Gasteiger partial charge is 0.369 e. The maximum Gasteiger partial charge on any atom is 0.416 e. The quantitative estimate of drug-likeness (QED) is 0.276. The second-order valence-electron chi connectivity index (χ2n) is 12.0. The van der Waals surface area contributed by atoms with E-state index in [4.69, 9.17) is 0 Å². The average molecular weight is 624 g/mol. The van der Waals surface area contributed by atoms with Crippen LogP contribution in [0.3, 0.4) is 0 Å². The standard InChI is InChI=1S/C35H32F3N7O/c1-23-14-15-39-31(23)13-6-25-19-26-20-40-34(41-28-9-11-29(12-10-28)44-18-17-43-16-2-3-30(43)22-44)42-32(26)45(33(25)46)21-24-4-7-27(8-5-24)35(36,37)38/h4-5,7-12,15,19-20,30H,2-3,14,16-18,21-22H2,1H3,(H,40,41,42). The van der Waals surface area contributed by atoms with Crippen molar-refractivity contribution in [3.63, 3.8) is 0 Å². The number of alkyl halides is 3. The SMILES string of the molecule is CC1=C(C#Cc2cc3cnc(Nc4ccc(N5CCN6CCCC6C5)cc4)nc3n(Cc3ccc(C(F)(F)F)cc3)c2=O)N=CC1. The topological polar surface area (TPSA) is 78.7 Å². The van der Waals surface area contributed by atoms with E-state index in [0.29, 0.717) is 40.7 Å². The van der Waals surface area contributed by atoms with Crippen molar-refractivity contribution in [3.05, 3.63) is 99.1 Å². The Hall–Kier alpha value is -4.95. The zero-order valence-corrected chi connectivity index (χ0v) is 25.3. The predicted octanol–water partition coefficient (Wildman–Crippen LogP) is 5.99. The molecule has 5 heterocycles. The number of aliphatic imine (C=N–C) groups is 1. The van der Waals surface area contributed by atoms with Gasteiger partial charge >= 0.3 is 6.18 Å². The summed E-state index contributed by atoms with van der Waals surface area (Å²) >= 11 is 0. The molecule has 3 aliphatic heterocycles. The molecule has 1 unspecified atom stereocenters. The molecule has 1 atom stereocenters. The number of allylic oxidation sites excluding steroid dienone is 2. The van der Waals surface area contributed by atoms with Crippen LogP contribution in [0.25, 0.3) is 11.0 Å². The minimum absolute atomic E-state index is 0.00226. The van der Waals surface area contributed by atoms with Gasteiger partial charge in [0, 0.05) is 61.3 Å².